The smallest absolute Gasteiger partial charge is 0.274 e. The Labute approximate surface area is 117 Å². The number of hydrogen-bond donors (Lipinski definition) is 1. The molecule has 0 aliphatic carbocycles. The molecule has 5 nitrogen and oxygen atoms in total. The molecule has 1 aromatic carbocycles. The lowest BCUT2D eigenvalue weighted by Crippen LogP contribution is -2.19. The lowest BCUT2D eigenvalue weighted by molar-refractivity contribution is 0.0953. The minimum atomic E-state index is -0.293. The van der Waals surface area contributed by atoms with Crippen molar-refractivity contribution in [3.63, 3.8) is 0 Å². The average Bonchev–Trinajstić information content (AvgIpc) is 2.90. The molecule has 0 atom stereocenters. The van der Waals surface area contributed by atoms with Gasteiger partial charge in [-0.05, 0) is 32.0 Å². The second-order valence-corrected chi connectivity index (χ2v) is 4.26. The van der Waals surface area contributed by atoms with E-state index in [0.29, 0.717) is 17.0 Å². The minimum Gasteiger partial charge on any atom is -0.497 e. The fraction of sp³-hybridized carbons (Fsp3) is 0.200. The maximum absolute atomic E-state index is 11.9. The Bertz CT molecular complexity index is 644. The van der Waals surface area contributed by atoms with Crippen molar-refractivity contribution < 1.29 is 13.9 Å². The zero-order valence-electron chi connectivity index (χ0n) is 11.6. The summed E-state index contributed by atoms with van der Waals surface area (Å²) < 4.78 is 10.2. The Kier molecular flexibility index (Phi) is 4.20. The van der Waals surface area contributed by atoms with Gasteiger partial charge in [0.1, 0.15) is 11.5 Å². The molecule has 0 spiro atoms. The van der Waals surface area contributed by atoms with Crippen LogP contribution in [0.4, 0.5) is 0 Å². The van der Waals surface area contributed by atoms with Gasteiger partial charge in [-0.2, -0.15) is 5.10 Å². The first kappa shape index (κ1) is 13.9. The molecule has 2 aromatic rings. The summed E-state index contributed by atoms with van der Waals surface area (Å²) in [6.07, 6.45) is 1.48. The summed E-state index contributed by atoms with van der Waals surface area (Å²) in [7, 11) is 1.61. The molecule has 0 aliphatic heterocycles. The van der Waals surface area contributed by atoms with Crippen LogP contribution >= 0.6 is 0 Å². The van der Waals surface area contributed by atoms with Crippen LogP contribution in [0.5, 0.6) is 5.75 Å². The van der Waals surface area contributed by atoms with Crippen LogP contribution in [0.2, 0.25) is 0 Å². The van der Waals surface area contributed by atoms with Gasteiger partial charge in [0, 0.05) is 5.56 Å². The summed E-state index contributed by atoms with van der Waals surface area (Å²) in [4.78, 5) is 11.9. The van der Waals surface area contributed by atoms with Gasteiger partial charge in [-0.3, -0.25) is 4.79 Å². The summed E-state index contributed by atoms with van der Waals surface area (Å²) in [5.74, 6) is 1.02. The van der Waals surface area contributed by atoms with Crippen LogP contribution < -0.4 is 10.2 Å². The third-order valence-electron chi connectivity index (χ3n) is 2.92. The van der Waals surface area contributed by atoms with Crippen molar-refractivity contribution in [2.75, 3.05) is 7.11 Å². The molecule has 2 rings (SSSR count). The molecule has 104 valence electrons. The molecule has 0 unspecified atom stereocenters. The Morgan fingerprint density at radius 1 is 1.35 bits per heavy atom. The van der Waals surface area contributed by atoms with Gasteiger partial charge >= 0.3 is 0 Å². The number of amides is 1. The quantitative estimate of drug-likeness (QED) is 0.687. The lowest BCUT2D eigenvalue weighted by atomic mass is 10.1. The maximum atomic E-state index is 11.9. The van der Waals surface area contributed by atoms with Crippen LogP contribution in [0.25, 0.3) is 0 Å². The number of nitrogens with zero attached hydrogens (tertiary/aromatic N) is 1. The van der Waals surface area contributed by atoms with Crippen molar-refractivity contribution in [2.24, 2.45) is 5.10 Å². The van der Waals surface area contributed by atoms with E-state index >= 15 is 0 Å². The molecule has 5 heteroatoms. The number of benzene rings is 1. The average molecular weight is 272 g/mol. The van der Waals surface area contributed by atoms with Gasteiger partial charge in [-0.15, -0.1) is 0 Å². The number of methoxy groups -OCH3 is 1. The standard InChI is InChI=1S/C15H16N2O3/c1-10(12-5-4-6-13(9-12)19-3)16-17-15(18)14-7-8-20-11(14)2/h4-9H,1-3H3,(H,17,18). The Morgan fingerprint density at radius 2 is 2.15 bits per heavy atom. The number of nitrogens with one attached hydrogen (secondary N) is 1. The van der Waals surface area contributed by atoms with Crippen molar-refractivity contribution in [3.05, 3.63) is 53.5 Å². The first-order valence-electron chi connectivity index (χ1n) is 6.15. The van der Waals surface area contributed by atoms with Gasteiger partial charge in [-0.25, -0.2) is 5.43 Å². The summed E-state index contributed by atoms with van der Waals surface area (Å²) >= 11 is 0. The number of furan rings is 1. The molecular weight excluding hydrogens is 256 g/mol. The Morgan fingerprint density at radius 3 is 2.80 bits per heavy atom. The van der Waals surface area contributed by atoms with Crippen molar-refractivity contribution in [2.45, 2.75) is 13.8 Å². The van der Waals surface area contributed by atoms with E-state index in [9.17, 15) is 4.79 Å². The van der Waals surface area contributed by atoms with Crippen molar-refractivity contribution >= 4 is 11.6 Å². The number of hydrazone groups is 1. The lowest BCUT2D eigenvalue weighted by Gasteiger charge is -2.04. The van der Waals surface area contributed by atoms with Gasteiger partial charge in [0.25, 0.3) is 5.91 Å². The number of ether oxygens (including phenoxy) is 1. The molecular formula is C15H16N2O3. The topological polar surface area (TPSA) is 63.8 Å². The number of hydrogen-bond acceptors (Lipinski definition) is 4. The number of aryl methyl sites for hydroxylation is 1. The zero-order valence-corrected chi connectivity index (χ0v) is 11.6. The summed E-state index contributed by atoms with van der Waals surface area (Å²) in [6, 6.07) is 9.09. The predicted octanol–water partition coefficient (Wildman–Crippen LogP) is 2.75. The number of carbonyl (C=O) groups excluding carboxylic acids is 1. The first-order valence-corrected chi connectivity index (χ1v) is 6.15. The number of carbonyl (C=O) groups is 1. The van der Waals surface area contributed by atoms with Gasteiger partial charge in [0.15, 0.2) is 0 Å². The van der Waals surface area contributed by atoms with Crippen LogP contribution in [0.15, 0.2) is 46.1 Å². The molecule has 1 aromatic heterocycles. The molecule has 0 bridgehead atoms. The molecule has 1 amide bonds. The molecule has 1 N–H and O–H groups in total. The van der Waals surface area contributed by atoms with E-state index < -0.39 is 0 Å². The van der Waals surface area contributed by atoms with E-state index in [-0.39, 0.29) is 5.91 Å². The Hall–Kier alpha value is -2.56. The van der Waals surface area contributed by atoms with E-state index in [4.69, 9.17) is 9.15 Å². The van der Waals surface area contributed by atoms with Crippen LogP contribution in [-0.2, 0) is 0 Å². The highest BCUT2D eigenvalue weighted by Gasteiger charge is 2.10. The highest BCUT2D eigenvalue weighted by molar-refractivity contribution is 6.01. The van der Waals surface area contributed by atoms with Crippen LogP contribution in [0, 0.1) is 6.92 Å². The highest BCUT2D eigenvalue weighted by Crippen LogP contribution is 2.13. The fourth-order valence-corrected chi connectivity index (χ4v) is 1.73. The molecule has 20 heavy (non-hydrogen) atoms. The van der Waals surface area contributed by atoms with Crippen molar-refractivity contribution in [1.82, 2.24) is 5.43 Å². The SMILES string of the molecule is COc1cccc(C(C)=NNC(=O)c2ccoc2C)c1. The van der Waals surface area contributed by atoms with Crippen LogP contribution in [-0.4, -0.2) is 18.7 Å². The van der Waals surface area contributed by atoms with Crippen molar-refractivity contribution in [1.29, 1.82) is 0 Å². The molecule has 0 aliphatic rings. The fourth-order valence-electron chi connectivity index (χ4n) is 1.73. The van der Waals surface area contributed by atoms with E-state index in [2.05, 4.69) is 10.5 Å². The zero-order chi connectivity index (χ0) is 14.5. The van der Waals surface area contributed by atoms with Gasteiger partial charge in [0.2, 0.25) is 0 Å². The molecule has 0 saturated carbocycles. The second kappa shape index (κ2) is 6.06. The second-order valence-electron chi connectivity index (χ2n) is 4.26. The third kappa shape index (κ3) is 3.06. The number of rotatable bonds is 4. The first-order chi connectivity index (χ1) is 9.61. The van der Waals surface area contributed by atoms with Crippen LogP contribution in [0.1, 0.15) is 28.6 Å². The maximum Gasteiger partial charge on any atom is 0.274 e. The predicted molar refractivity (Wildman–Crippen MR) is 76.1 cm³/mol. The van der Waals surface area contributed by atoms with E-state index in [0.717, 1.165) is 11.3 Å². The third-order valence-corrected chi connectivity index (χ3v) is 2.92. The summed E-state index contributed by atoms with van der Waals surface area (Å²) in [5.41, 5.74) is 4.56. The molecule has 1 heterocycles. The van der Waals surface area contributed by atoms with Crippen molar-refractivity contribution in [3.8, 4) is 5.75 Å². The monoisotopic (exact) mass is 272 g/mol. The van der Waals surface area contributed by atoms with E-state index in [1.807, 2.05) is 31.2 Å². The largest absolute Gasteiger partial charge is 0.497 e. The van der Waals surface area contributed by atoms with Gasteiger partial charge in [0.05, 0.1) is 24.6 Å². The molecule has 0 fully saturated rings. The van der Waals surface area contributed by atoms with Gasteiger partial charge < -0.3 is 9.15 Å². The molecule has 0 saturated heterocycles. The van der Waals surface area contributed by atoms with E-state index in [1.165, 1.54) is 6.26 Å². The van der Waals surface area contributed by atoms with Crippen LogP contribution in [0.3, 0.4) is 0 Å². The summed E-state index contributed by atoms with van der Waals surface area (Å²) in [6.45, 7) is 3.55. The Balaban J connectivity index is 2.11. The van der Waals surface area contributed by atoms with E-state index in [1.54, 1.807) is 20.1 Å². The van der Waals surface area contributed by atoms with Gasteiger partial charge in [-0.1, -0.05) is 12.1 Å². The molecule has 0 radical (unpaired) electrons. The minimum absolute atomic E-state index is 0.293. The normalized spacial score (nSPS) is 11.2. The summed E-state index contributed by atoms with van der Waals surface area (Å²) in [5, 5.41) is 4.09. The highest BCUT2D eigenvalue weighted by atomic mass is 16.5.